The zero-order valence-corrected chi connectivity index (χ0v) is 13.7. The first-order valence-corrected chi connectivity index (χ1v) is 8.12. The summed E-state index contributed by atoms with van der Waals surface area (Å²) < 4.78 is 0. The van der Waals surface area contributed by atoms with Crippen LogP contribution in [0, 0.1) is 0 Å². The number of nitrogens with one attached hydrogen (secondary N) is 1. The summed E-state index contributed by atoms with van der Waals surface area (Å²) in [5.74, 6) is 0.714. The second kappa shape index (κ2) is 7.39. The van der Waals surface area contributed by atoms with Crippen molar-refractivity contribution >= 4 is 0 Å². The number of nitrogens with zero attached hydrogens (tertiary/aromatic N) is 1. The monoisotopic (exact) mass is 290 g/mol. The van der Waals surface area contributed by atoms with Crippen LogP contribution in [0.1, 0.15) is 44.1 Å². The van der Waals surface area contributed by atoms with Gasteiger partial charge in [-0.25, -0.2) is 0 Å². The van der Waals surface area contributed by atoms with Gasteiger partial charge in [0.15, 0.2) is 0 Å². The first-order chi connectivity index (χ1) is 9.96. The van der Waals surface area contributed by atoms with E-state index in [4.69, 9.17) is 0 Å². The SMILES string of the molecule is CN(C)CC(C)(O)CNC1CCC(c2ccccc2)CC1. The van der Waals surface area contributed by atoms with E-state index in [1.165, 1.54) is 31.2 Å². The fourth-order valence-electron chi connectivity index (χ4n) is 3.46. The molecule has 0 heterocycles. The molecule has 3 heteroatoms. The van der Waals surface area contributed by atoms with Gasteiger partial charge in [-0.1, -0.05) is 30.3 Å². The van der Waals surface area contributed by atoms with Crippen LogP contribution in [0.3, 0.4) is 0 Å². The average molecular weight is 290 g/mol. The van der Waals surface area contributed by atoms with Crippen LogP contribution in [-0.4, -0.2) is 48.8 Å². The maximum absolute atomic E-state index is 10.3. The van der Waals surface area contributed by atoms with Crippen molar-refractivity contribution in [3.63, 3.8) is 0 Å². The van der Waals surface area contributed by atoms with Crippen molar-refractivity contribution in [3.8, 4) is 0 Å². The van der Waals surface area contributed by atoms with E-state index < -0.39 is 5.60 Å². The Morgan fingerprint density at radius 1 is 1.14 bits per heavy atom. The van der Waals surface area contributed by atoms with Crippen LogP contribution in [0.4, 0.5) is 0 Å². The maximum atomic E-state index is 10.3. The first-order valence-electron chi connectivity index (χ1n) is 8.12. The third-order valence-electron chi connectivity index (χ3n) is 4.43. The van der Waals surface area contributed by atoms with Gasteiger partial charge in [0.2, 0.25) is 0 Å². The zero-order chi connectivity index (χ0) is 15.3. The van der Waals surface area contributed by atoms with Gasteiger partial charge >= 0.3 is 0 Å². The third-order valence-corrected chi connectivity index (χ3v) is 4.43. The van der Waals surface area contributed by atoms with Crippen molar-refractivity contribution in [1.82, 2.24) is 10.2 Å². The van der Waals surface area contributed by atoms with Gasteiger partial charge in [-0.3, -0.25) is 0 Å². The summed E-state index contributed by atoms with van der Waals surface area (Å²) in [6, 6.07) is 11.4. The maximum Gasteiger partial charge on any atom is 0.0869 e. The molecule has 1 aliphatic carbocycles. The second-order valence-corrected chi connectivity index (χ2v) is 7.07. The topological polar surface area (TPSA) is 35.5 Å². The molecule has 1 unspecified atom stereocenters. The molecule has 0 aromatic heterocycles. The lowest BCUT2D eigenvalue weighted by Gasteiger charge is -2.33. The molecule has 1 aromatic rings. The van der Waals surface area contributed by atoms with Crippen LogP contribution in [0.5, 0.6) is 0 Å². The van der Waals surface area contributed by atoms with E-state index in [1.807, 2.05) is 25.9 Å². The molecule has 0 spiro atoms. The van der Waals surface area contributed by atoms with Gasteiger partial charge in [0.05, 0.1) is 5.60 Å². The molecule has 1 aliphatic rings. The minimum absolute atomic E-state index is 0.554. The third kappa shape index (κ3) is 5.42. The summed E-state index contributed by atoms with van der Waals surface area (Å²) in [4.78, 5) is 2.04. The van der Waals surface area contributed by atoms with Gasteiger partial charge in [-0.15, -0.1) is 0 Å². The molecule has 0 bridgehead atoms. The highest BCUT2D eigenvalue weighted by Gasteiger charge is 2.26. The second-order valence-electron chi connectivity index (χ2n) is 7.07. The van der Waals surface area contributed by atoms with E-state index >= 15 is 0 Å². The Morgan fingerprint density at radius 3 is 2.33 bits per heavy atom. The standard InChI is InChI=1S/C18H30N2O/c1-18(21,14-20(2)3)13-19-17-11-9-16(10-12-17)15-7-5-4-6-8-15/h4-8,16-17,19,21H,9-14H2,1-3H3. The van der Waals surface area contributed by atoms with Crippen LogP contribution in [0.2, 0.25) is 0 Å². The summed E-state index contributed by atoms with van der Waals surface area (Å²) in [7, 11) is 4.00. The Hall–Kier alpha value is -0.900. The minimum Gasteiger partial charge on any atom is -0.388 e. The van der Waals surface area contributed by atoms with Crippen LogP contribution < -0.4 is 5.32 Å². The number of rotatable bonds is 6. The smallest absolute Gasteiger partial charge is 0.0869 e. The molecule has 2 N–H and O–H groups in total. The minimum atomic E-state index is -0.653. The van der Waals surface area contributed by atoms with Crippen LogP contribution in [0.25, 0.3) is 0 Å². The molecule has 0 aliphatic heterocycles. The van der Waals surface area contributed by atoms with Crippen molar-refractivity contribution in [3.05, 3.63) is 35.9 Å². The number of benzene rings is 1. The van der Waals surface area contributed by atoms with Crippen molar-refractivity contribution in [2.75, 3.05) is 27.2 Å². The molecule has 21 heavy (non-hydrogen) atoms. The fourth-order valence-corrected chi connectivity index (χ4v) is 3.46. The van der Waals surface area contributed by atoms with Crippen molar-refractivity contribution in [1.29, 1.82) is 0 Å². The summed E-state index contributed by atoms with van der Waals surface area (Å²) in [5, 5.41) is 13.9. The molecule has 0 amide bonds. The van der Waals surface area contributed by atoms with E-state index in [0.717, 1.165) is 0 Å². The van der Waals surface area contributed by atoms with Crippen LogP contribution >= 0.6 is 0 Å². The van der Waals surface area contributed by atoms with Crippen LogP contribution in [-0.2, 0) is 0 Å². The molecular weight excluding hydrogens is 260 g/mol. The van der Waals surface area contributed by atoms with E-state index in [1.54, 1.807) is 0 Å². The summed E-state index contributed by atoms with van der Waals surface area (Å²) >= 11 is 0. The van der Waals surface area contributed by atoms with Gasteiger partial charge in [0.25, 0.3) is 0 Å². The molecule has 0 radical (unpaired) electrons. The first kappa shape index (κ1) is 16.5. The number of likely N-dealkylation sites (N-methyl/N-ethyl adjacent to an activating group) is 1. The Kier molecular flexibility index (Phi) is 5.80. The van der Waals surface area contributed by atoms with Gasteiger partial charge in [-0.05, 0) is 58.2 Å². The Bertz CT molecular complexity index is 408. The van der Waals surface area contributed by atoms with Crippen molar-refractivity contribution in [2.45, 2.75) is 50.2 Å². The lowest BCUT2D eigenvalue weighted by molar-refractivity contribution is 0.0300. The quantitative estimate of drug-likeness (QED) is 0.845. The predicted molar refractivity (Wildman–Crippen MR) is 88.6 cm³/mol. The summed E-state index contributed by atoms with van der Waals surface area (Å²) in [6.07, 6.45) is 4.91. The highest BCUT2D eigenvalue weighted by molar-refractivity contribution is 5.20. The molecule has 0 saturated heterocycles. The molecule has 1 aromatic carbocycles. The van der Waals surface area contributed by atoms with Gasteiger partial charge in [-0.2, -0.15) is 0 Å². The highest BCUT2D eigenvalue weighted by Crippen LogP contribution is 2.32. The molecule has 3 nitrogen and oxygen atoms in total. The molecule has 1 atom stereocenters. The highest BCUT2D eigenvalue weighted by atomic mass is 16.3. The van der Waals surface area contributed by atoms with Crippen LogP contribution in [0.15, 0.2) is 30.3 Å². The fraction of sp³-hybridized carbons (Fsp3) is 0.667. The molecule has 1 fully saturated rings. The molecular formula is C18H30N2O. The van der Waals surface area contributed by atoms with Gasteiger partial charge in [0, 0.05) is 19.1 Å². The molecule has 118 valence electrons. The van der Waals surface area contributed by atoms with E-state index in [9.17, 15) is 5.11 Å². The summed E-state index contributed by atoms with van der Waals surface area (Å²) in [6.45, 7) is 3.28. The molecule has 2 rings (SSSR count). The number of hydrogen-bond donors (Lipinski definition) is 2. The molecule has 1 saturated carbocycles. The zero-order valence-electron chi connectivity index (χ0n) is 13.7. The Morgan fingerprint density at radius 2 is 1.76 bits per heavy atom. The normalized spacial score (nSPS) is 25.8. The number of aliphatic hydroxyl groups is 1. The van der Waals surface area contributed by atoms with E-state index in [-0.39, 0.29) is 0 Å². The van der Waals surface area contributed by atoms with Crippen molar-refractivity contribution < 1.29 is 5.11 Å². The van der Waals surface area contributed by atoms with Gasteiger partial charge in [0.1, 0.15) is 0 Å². The average Bonchev–Trinajstić information content (AvgIpc) is 2.45. The van der Waals surface area contributed by atoms with Gasteiger partial charge < -0.3 is 15.3 Å². The van der Waals surface area contributed by atoms with E-state index in [2.05, 4.69) is 35.6 Å². The lowest BCUT2D eigenvalue weighted by atomic mass is 9.81. The summed E-state index contributed by atoms with van der Waals surface area (Å²) in [5.41, 5.74) is 0.829. The largest absolute Gasteiger partial charge is 0.388 e. The number of hydrogen-bond acceptors (Lipinski definition) is 3. The lowest BCUT2D eigenvalue weighted by Crippen LogP contribution is -2.48. The Labute approximate surface area is 129 Å². The predicted octanol–water partition coefficient (Wildman–Crippen LogP) is 2.62. The Balaban J connectivity index is 1.74. The van der Waals surface area contributed by atoms with Crippen molar-refractivity contribution in [2.24, 2.45) is 0 Å². The van der Waals surface area contributed by atoms with E-state index in [0.29, 0.717) is 25.0 Å².